The SMILES string of the molecule is C=C(C)[C@@H]1CC[C@]2(C(=O)O[C@@H]3O[C@H](CO)[C@@H](O)[C@H](O)[C@H]3O[C@@H]3OC[C@@H](O)[C@H](O[C@@H]4OC[C@@H](O)[C@H](O)[C@H]4O)[C@H]3O[C@@H]3O[C@H](CO)[C@@H](O)[C@H](O)[C@H]3O)CC[C@]3(C(=O)O)[C@H](CC[C@@H]4[C@@]5(C)CC[C@H](O)C(C)(C)[C@@H]5CC[C@]43C)[C@@H]12. The van der Waals surface area contributed by atoms with Crippen LogP contribution in [0.25, 0.3) is 0 Å². The Bertz CT molecular complexity index is 2080. The first-order valence-corrected chi connectivity index (χ1v) is 26.9. The summed E-state index contributed by atoms with van der Waals surface area (Å²) in [6.45, 7) is 12.0. The van der Waals surface area contributed by atoms with Crippen molar-refractivity contribution in [2.24, 2.45) is 56.7 Å². The predicted molar refractivity (Wildman–Crippen MR) is 253 cm³/mol. The zero-order valence-corrected chi connectivity index (χ0v) is 43.4. The lowest BCUT2D eigenvalue weighted by molar-refractivity contribution is -0.395. The van der Waals surface area contributed by atoms with Crippen molar-refractivity contribution in [2.45, 2.75) is 216 Å². The number of aliphatic hydroxyl groups excluding tert-OH is 12. The van der Waals surface area contributed by atoms with Gasteiger partial charge in [-0.2, -0.15) is 0 Å². The molecular formula is C52H82O23. The molecule has 0 spiro atoms. The van der Waals surface area contributed by atoms with Crippen LogP contribution < -0.4 is 0 Å². The molecule has 5 saturated carbocycles. The average Bonchev–Trinajstić information content (AvgIpc) is 3.87. The third kappa shape index (κ3) is 9.07. The quantitative estimate of drug-likeness (QED) is 0.0755. The van der Waals surface area contributed by atoms with Crippen LogP contribution in [0, 0.1) is 56.7 Å². The Morgan fingerprint density at radius 2 is 1.19 bits per heavy atom. The van der Waals surface area contributed by atoms with Crippen LogP contribution in [0.15, 0.2) is 12.2 Å². The van der Waals surface area contributed by atoms with Crippen molar-refractivity contribution in [2.75, 3.05) is 26.4 Å². The normalized spacial score (nSPS) is 53.6. The van der Waals surface area contributed by atoms with Crippen LogP contribution in [0.1, 0.15) is 98.8 Å². The van der Waals surface area contributed by atoms with E-state index in [1.165, 1.54) is 0 Å². The third-order valence-electron chi connectivity index (χ3n) is 20.9. The van der Waals surface area contributed by atoms with E-state index in [1.54, 1.807) is 0 Å². The predicted octanol–water partition coefficient (Wildman–Crippen LogP) is -1.84. The number of esters is 1. The van der Waals surface area contributed by atoms with Crippen LogP contribution >= 0.6 is 0 Å². The number of fused-ring (bicyclic) bond motifs is 7. The first-order valence-electron chi connectivity index (χ1n) is 26.9. The molecule has 0 bridgehead atoms. The zero-order valence-electron chi connectivity index (χ0n) is 43.4. The number of aliphatic carboxylic acids is 1. The molecule has 23 heteroatoms. The second kappa shape index (κ2) is 21.1. The number of carbonyl (C=O) groups excluding carboxylic acids is 1. The molecule has 428 valence electrons. The number of rotatable bonds is 12. The van der Waals surface area contributed by atoms with E-state index < -0.39 is 183 Å². The van der Waals surface area contributed by atoms with Gasteiger partial charge in [-0.05, 0) is 117 Å². The fraction of sp³-hybridized carbons (Fsp3) is 0.923. The smallest absolute Gasteiger partial charge is 0.314 e. The Morgan fingerprint density at radius 3 is 1.84 bits per heavy atom. The van der Waals surface area contributed by atoms with Gasteiger partial charge in [-0.1, -0.05) is 39.8 Å². The number of aliphatic hydroxyl groups is 12. The van der Waals surface area contributed by atoms with Gasteiger partial charge in [0.25, 0.3) is 0 Å². The molecule has 0 amide bonds. The second-order valence-corrected chi connectivity index (χ2v) is 24.7. The highest BCUT2D eigenvalue weighted by atomic mass is 16.8. The molecule has 13 N–H and O–H groups in total. The van der Waals surface area contributed by atoms with E-state index in [2.05, 4.69) is 34.3 Å². The van der Waals surface area contributed by atoms with Gasteiger partial charge in [0.2, 0.25) is 6.29 Å². The van der Waals surface area contributed by atoms with Gasteiger partial charge >= 0.3 is 11.9 Å². The standard InChI is InChI=1S/C52H82O23/c1-21(2)22-9-14-51(15-16-52(46(65)66)23(31(22)51)7-8-29-49(5)12-11-30(57)48(3,4)28(49)10-13-50(29,52)6)47(67)75-45-40(36(62)34(60)27(18-54)71-45)73-44-41(74-43-38(64)35(61)33(59)26(17-53)70-43)39(25(56)20-69-44)72-42-37(63)32(58)24(55)19-68-42/h22-45,53-64H,1,7-20H2,2-6H3,(H,65,66)/t22-,23+,24+,25+,26+,27+,28-,29+,30-,31+,32-,33+,34+,35-,36-,37+,38+,39-,40+,41+,42-,43-,44-,45-,49-,50+,51-,52+/m0/s1. The van der Waals surface area contributed by atoms with E-state index >= 15 is 4.79 Å². The first-order chi connectivity index (χ1) is 35.2. The molecule has 28 atom stereocenters. The minimum Gasteiger partial charge on any atom is -0.481 e. The Labute approximate surface area is 435 Å². The zero-order chi connectivity index (χ0) is 54.6. The largest absolute Gasteiger partial charge is 0.481 e. The summed E-state index contributed by atoms with van der Waals surface area (Å²) in [5.74, 6) is -2.87. The van der Waals surface area contributed by atoms with Gasteiger partial charge in [-0.3, -0.25) is 9.59 Å². The molecule has 4 aliphatic heterocycles. The van der Waals surface area contributed by atoms with E-state index in [1.807, 2.05) is 6.92 Å². The molecule has 9 rings (SSSR count). The second-order valence-electron chi connectivity index (χ2n) is 24.7. The Hall–Kier alpha value is -2.08. The summed E-state index contributed by atoms with van der Waals surface area (Å²) in [7, 11) is 0. The molecule has 0 aromatic heterocycles. The van der Waals surface area contributed by atoms with Crippen LogP contribution in [0.5, 0.6) is 0 Å². The third-order valence-corrected chi connectivity index (χ3v) is 20.9. The summed E-state index contributed by atoms with van der Waals surface area (Å²) in [6, 6.07) is 0. The minimum absolute atomic E-state index is 0.0188. The van der Waals surface area contributed by atoms with Crippen molar-refractivity contribution < 1.29 is 114 Å². The Kier molecular flexibility index (Phi) is 16.2. The monoisotopic (exact) mass is 1070 g/mol. The lowest BCUT2D eigenvalue weighted by Gasteiger charge is -2.71. The number of hydrogen-bond donors (Lipinski definition) is 13. The van der Waals surface area contributed by atoms with Crippen LogP contribution in [0.2, 0.25) is 0 Å². The maximum atomic E-state index is 15.5. The molecule has 0 aromatic rings. The number of hydrogen-bond acceptors (Lipinski definition) is 22. The highest BCUT2D eigenvalue weighted by Gasteiger charge is 2.76. The van der Waals surface area contributed by atoms with E-state index in [-0.39, 0.29) is 47.8 Å². The van der Waals surface area contributed by atoms with Crippen LogP contribution in [0.4, 0.5) is 0 Å². The summed E-state index contributed by atoms with van der Waals surface area (Å²) in [4.78, 5) is 30.0. The van der Waals surface area contributed by atoms with Crippen LogP contribution in [-0.2, 0) is 47.5 Å². The minimum atomic E-state index is -2.04. The van der Waals surface area contributed by atoms with E-state index in [9.17, 15) is 71.2 Å². The van der Waals surface area contributed by atoms with Crippen molar-refractivity contribution >= 4 is 11.9 Å². The van der Waals surface area contributed by atoms with Gasteiger partial charge in [-0.15, -0.1) is 0 Å². The summed E-state index contributed by atoms with van der Waals surface area (Å²) in [6.07, 6.45) is -28.2. The maximum Gasteiger partial charge on any atom is 0.314 e. The molecule has 4 saturated heterocycles. The first kappa shape index (κ1) is 57.6. The number of ether oxygens (including phenoxy) is 8. The molecule has 23 nitrogen and oxygen atoms in total. The molecule has 0 aromatic carbocycles. The fourth-order valence-corrected chi connectivity index (χ4v) is 16.9. The molecule has 4 heterocycles. The van der Waals surface area contributed by atoms with Crippen molar-refractivity contribution in [3.05, 3.63) is 12.2 Å². The molecule has 9 fully saturated rings. The molecule has 0 radical (unpaired) electrons. The van der Waals surface area contributed by atoms with Gasteiger partial charge in [0.15, 0.2) is 25.0 Å². The van der Waals surface area contributed by atoms with Gasteiger partial charge < -0.3 is 104 Å². The number of carboxylic acid groups (broad SMARTS) is 1. The lowest BCUT2D eigenvalue weighted by atomic mass is 9.32. The van der Waals surface area contributed by atoms with Crippen molar-refractivity contribution in [3.63, 3.8) is 0 Å². The average molecular weight is 1080 g/mol. The Morgan fingerprint density at radius 1 is 0.587 bits per heavy atom. The van der Waals surface area contributed by atoms with Gasteiger partial charge in [0.1, 0.15) is 79.4 Å². The Balaban J connectivity index is 1.04. The molecule has 0 unspecified atom stereocenters. The highest BCUT2D eigenvalue weighted by Crippen LogP contribution is 2.78. The van der Waals surface area contributed by atoms with Gasteiger partial charge in [0, 0.05) is 0 Å². The van der Waals surface area contributed by atoms with E-state index in [0.29, 0.717) is 32.1 Å². The number of allylic oxidation sites excluding steroid dienone is 1. The molecular weight excluding hydrogens is 993 g/mol. The number of carboxylic acids is 1. The lowest BCUT2D eigenvalue weighted by Crippen LogP contribution is -2.70. The topological polar surface area (TPSA) is 371 Å². The molecule has 75 heavy (non-hydrogen) atoms. The molecule has 5 aliphatic carbocycles. The van der Waals surface area contributed by atoms with Gasteiger partial charge in [0.05, 0.1) is 43.4 Å². The van der Waals surface area contributed by atoms with Crippen molar-refractivity contribution in [1.82, 2.24) is 0 Å². The number of carbonyl (C=O) groups is 2. The summed E-state index contributed by atoms with van der Waals surface area (Å²) in [5, 5.41) is 142. The van der Waals surface area contributed by atoms with Crippen molar-refractivity contribution in [3.8, 4) is 0 Å². The summed E-state index contributed by atoms with van der Waals surface area (Å²) < 4.78 is 47.8. The van der Waals surface area contributed by atoms with Crippen LogP contribution in [0.3, 0.4) is 0 Å². The summed E-state index contributed by atoms with van der Waals surface area (Å²) in [5.41, 5.74) is -3.08. The van der Waals surface area contributed by atoms with Gasteiger partial charge in [-0.25, -0.2) is 0 Å². The van der Waals surface area contributed by atoms with Crippen molar-refractivity contribution in [1.29, 1.82) is 0 Å². The van der Waals surface area contributed by atoms with Crippen LogP contribution in [-0.4, -0.2) is 221 Å². The molecule has 9 aliphatic rings. The highest BCUT2D eigenvalue weighted by molar-refractivity contribution is 5.81. The fourth-order valence-electron chi connectivity index (χ4n) is 16.9. The van der Waals surface area contributed by atoms with E-state index in [4.69, 9.17) is 37.9 Å². The maximum absolute atomic E-state index is 15.5. The summed E-state index contributed by atoms with van der Waals surface area (Å²) >= 11 is 0. The van der Waals surface area contributed by atoms with E-state index in [0.717, 1.165) is 18.4 Å².